The third-order valence-electron chi connectivity index (χ3n) is 2.81. The number of hydrogen-bond donors (Lipinski definition) is 3. The fourth-order valence-corrected chi connectivity index (χ4v) is 3.00. The highest BCUT2D eigenvalue weighted by molar-refractivity contribution is 9.10. The van der Waals surface area contributed by atoms with Crippen molar-refractivity contribution in [2.75, 3.05) is 10.7 Å². The molecule has 3 rings (SSSR count). The molecule has 1 aromatic carbocycles. The number of aromatic nitrogens is 2. The van der Waals surface area contributed by atoms with Crippen LogP contribution in [0.25, 0.3) is 10.2 Å². The number of hydrogen-bond acceptors (Lipinski definition) is 6. The molecule has 0 aliphatic carbocycles. The molecule has 0 aliphatic heterocycles. The van der Waals surface area contributed by atoms with Crippen LogP contribution in [0.15, 0.2) is 34.1 Å². The molecule has 5 nitrogen and oxygen atoms in total. The van der Waals surface area contributed by atoms with Gasteiger partial charge in [-0.15, -0.1) is 11.3 Å². The number of aryl methyl sites for hydroxylation is 1. The van der Waals surface area contributed by atoms with Gasteiger partial charge in [0.05, 0.1) is 15.9 Å². The lowest BCUT2D eigenvalue weighted by Gasteiger charge is -2.10. The zero-order valence-electron chi connectivity index (χ0n) is 10.6. The number of halogens is 1. The van der Waals surface area contributed by atoms with E-state index < -0.39 is 0 Å². The lowest BCUT2D eigenvalue weighted by molar-refractivity contribution is 1.15. The van der Waals surface area contributed by atoms with Crippen LogP contribution in [-0.2, 0) is 0 Å². The van der Waals surface area contributed by atoms with Gasteiger partial charge in [0.2, 0.25) is 5.95 Å². The Morgan fingerprint density at radius 2 is 2.10 bits per heavy atom. The molecule has 102 valence electrons. The molecule has 0 fully saturated rings. The standard InChI is InChI=1S/C13H12BrN5S/c1-7-2-3-8(14)10(6-7)16-12-11-9(4-5-20-11)17-13(18-12)19-15/h2-6H,15H2,1H3,(H2,16,17,18,19). The number of benzene rings is 1. The molecule has 0 radical (unpaired) electrons. The summed E-state index contributed by atoms with van der Waals surface area (Å²) >= 11 is 5.13. The summed E-state index contributed by atoms with van der Waals surface area (Å²) in [5, 5.41) is 5.32. The average Bonchev–Trinajstić information content (AvgIpc) is 2.91. The van der Waals surface area contributed by atoms with E-state index >= 15 is 0 Å². The third-order valence-corrected chi connectivity index (χ3v) is 4.41. The van der Waals surface area contributed by atoms with Gasteiger partial charge in [0.25, 0.3) is 0 Å². The molecule has 3 aromatic rings. The molecule has 0 amide bonds. The molecular weight excluding hydrogens is 338 g/mol. The predicted molar refractivity (Wildman–Crippen MR) is 87.4 cm³/mol. The number of nitrogens with zero attached hydrogens (tertiary/aromatic N) is 2. The van der Waals surface area contributed by atoms with Crippen molar-refractivity contribution < 1.29 is 0 Å². The molecular formula is C13H12BrN5S. The number of nitrogen functional groups attached to an aromatic ring is 1. The van der Waals surface area contributed by atoms with Gasteiger partial charge in [-0.2, -0.15) is 4.98 Å². The number of nitrogens with two attached hydrogens (primary N) is 1. The van der Waals surface area contributed by atoms with Crippen molar-refractivity contribution in [3.63, 3.8) is 0 Å². The molecule has 7 heteroatoms. The van der Waals surface area contributed by atoms with Crippen molar-refractivity contribution in [2.24, 2.45) is 5.84 Å². The fourth-order valence-electron chi connectivity index (χ4n) is 1.88. The molecule has 0 saturated heterocycles. The van der Waals surface area contributed by atoms with Gasteiger partial charge in [0.15, 0.2) is 5.82 Å². The second kappa shape index (κ2) is 5.35. The Labute approximate surface area is 128 Å². The lowest BCUT2D eigenvalue weighted by atomic mass is 10.2. The van der Waals surface area contributed by atoms with Crippen LogP contribution in [0.1, 0.15) is 5.56 Å². The predicted octanol–water partition coefficient (Wildman–Crippen LogP) is 3.79. The highest BCUT2D eigenvalue weighted by Crippen LogP contribution is 2.32. The number of hydrazine groups is 1. The second-order valence-electron chi connectivity index (χ2n) is 4.28. The number of anilines is 3. The topological polar surface area (TPSA) is 75.9 Å². The van der Waals surface area contributed by atoms with E-state index in [4.69, 9.17) is 5.84 Å². The van der Waals surface area contributed by atoms with Crippen LogP contribution in [0.5, 0.6) is 0 Å². The number of fused-ring (bicyclic) bond motifs is 1. The van der Waals surface area contributed by atoms with Crippen LogP contribution < -0.4 is 16.6 Å². The molecule has 0 aliphatic rings. The minimum absolute atomic E-state index is 0.391. The minimum atomic E-state index is 0.391. The Morgan fingerprint density at radius 1 is 1.25 bits per heavy atom. The van der Waals surface area contributed by atoms with Gasteiger partial charge in [-0.25, -0.2) is 10.8 Å². The maximum absolute atomic E-state index is 5.42. The van der Waals surface area contributed by atoms with Gasteiger partial charge in [0, 0.05) is 4.47 Å². The van der Waals surface area contributed by atoms with Crippen LogP contribution in [-0.4, -0.2) is 9.97 Å². The Kier molecular flexibility index (Phi) is 3.56. The fraction of sp³-hybridized carbons (Fsp3) is 0.0769. The maximum Gasteiger partial charge on any atom is 0.239 e. The Hall–Kier alpha value is -1.70. The Morgan fingerprint density at radius 3 is 2.90 bits per heavy atom. The zero-order valence-corrected chi connectivity index (χ0v) is 13.0. The monoisotopic (exact) mass is 349 g/mol. The van der Waals surface area contributed by atoms with Gasteiger partial charge in [0.1, 0.15) is 0 Å². The minimum Gasteiger partial charge on any atom is -0.338 e. The first-order chi connectivity index (χ1) is 9.67. The van der Waals surface area contributed by atoms with Gasteiger partial charge in [-0.1, -0.05) is 6.07 Å². The largest absolute Gasteiger partial charge is 0.338 e. The van der Waals surface area contributed by atoms with Crippen LogP contribution in [0.3, 0.4) is 0 Å². The molecule has 0 spiro atoms. The highest BCUT2D eigenvalue weighted by atomic mass is 79.9. The zero-order chi connectivity index (χ0) is 14.1. The first kappa shape index (κ1) is 13.3. The molecule has 0 saturated carbocycles. The average molecular weight is 350 g/mol. The van der Waals surface area contributed by atoms with E-state index in [1.807, 2.05) is 30.5 Å². The van der Waals surface area contributed by atoms with E-state index in [0.717, 1.165) is 26.2 Å². The number of rotatable bonds is 3. The summed E-state index contributed by atoms with van der Waals surface area (Å²) in [7, 11) is 0. The van der Waals surface area contributed by atoms with E-state index in [2.05, 4.69) is 42.7 Å². The normalized spacial score (nSPS) is 10.8. The molecule has 0 atom stereocenters. The smallest absolute Gasteiger partial charge is 0.239 e. The summed E-state index contributed by atoms with van der Waals surface area (Å²) < 4.78 is 1.98. The molecule has 20 heavy (non-hydrogen) atoms. The second-order valence-corrected chi connectivity index (χ2v) is 6.05. The summed E-state index contributed by atoms with van der Waals surface area (Å²) in [4.78, 5) is 8.70. The quantitative estimate of drug-likeness (QED) is 0.495. The molecule has 0 unspecified atom stereocenters. The number of thiophene rings is 1. The van der Waals surface area contributed by atoms with Crippen molar-refractivity contribution in [2.45, 2.75) is 6.92 Å². The van der Waals surface area contributed by atoms with Gasteiger partial charge in [-0.05, 0) is 52.0 Å². The Bertz CT molecular complexity index is 771. The van der Waals surface area contributed by atoms with E-state index in [-0.39, 0.29) is 0 Å². The van der Waals surface area contributed by atoms with Crippen LogP contribution in [0, 0.1) is 6.92 Å². The van der Waals surface area contributed by atoms with E-state index in [0.29, 0.717) is 5.95 Å². The van der Waals surface area contributed by atoms with Crippen LogP contribution >= 0.6 is 27.3 Å². The summed E-state index contributed by atoms with van der Waals surface area (Å²) in [6, 6.07) is 8.05. The highest BCUT2D eigenvalue weighted by Gasteiger charge is 2.10. The molecule has 4 N–H and O–H groups in total. The van der Waals surface area contributed by atoms with Crippen molar-refractivity contribution >= 4 is 54.9 Å². The molecule has 2 heterocycles. The van der Waals surface area contributed by atoms with E-state index in [1.165, 1.54) is 5.56 Å². The Balaban J connectivity index is 2.09. The maximum atomic E-state index is 5.42. The van der Waals surface area contributed by atoms with Crippen LogP contribution in [0.2, 0.25) is 0 Å². The van der Waals surface area contributed by atoms with Crippen LogP contribution in [0.4, 0.5) is 17.5 Å². The van der Waals surface area contributed by atoms with Crippen molar-refractivity contribution in [3.8, 4) is 0 Å². The van der Waals surface area contributed by atoms with Gasteiger partial charge >= 0.3 is 0 Å². The molecule has 0 bridgehead atoms. The summed E-state index contributed by atoms with van der Waals surface area (Å²) in [5.74, 6) is 6.55. The molecule has 2 aromatic heterocycles. The van der Waals surface area contributed by atoms with Crippen molar-refractivity contribution in [1.29, 1.82) is 0 Å². The number of nitrogens with one attached hydrogen (secondary N) is 2. The summed E-state index contributed by atoms with van der Waals surface area (Å²) in [6.45, 7) is 2.05. The summed E-state index contributed by atoms with van der Waals surface area (Å²) in [6.07, 6.45) is 0. The van der Waals surface area contributed by atoms with E-state index in [9.17, 15) is 0 Å². The first-order valence-electron chi connectivity index (χ1n) is 5.92. The summed E-state index contributed by atoms with van der Waals surface area (Å²) in [5.41, 5.74) is 5.49. The van der Waals surface area contributed by atoms with Gasteiger partial charge < -0.3 is 5.32 Å². The van der Waals surface area contributed by atoms with E-state index in [1.54, 1.807) is 11.3 Å². The van der Waals surface area contributed by atoms with Crippen molar-refractivity contribution in [1.82, 2.24) is 9.97 Å². The van der Waals surface area contributed by atoms with Gasteiger partial charge in [-0.3, -0.25) is 5.43 Å². The third kappa shape index (κ3) is 2.47. The SMILES string of the molecule is Cc1ccc(Br)c(Nc2nc(NN)nc3ccsc23)c1. The first-order valence-corrected chi connectivity index (χ1v) is 7.59. The van der Waals surface area contributed by atoms with Crippen molar-refractivity contribution in [3.05, 3.63) is 39.7 Å². The lowest BCUT2D eigenvalue weighted by Crippen LogP contribution is -2.11.